The number of rotatable bonds is 5. The standard InChI is InChI=1S/C19H17ClN4O2/c1-24-16-7-2-12(8-17(16)26-19(24)25)9-21-10-14-11-22-23-18(14)13-3-5-15(20)6-4-13/h2-8,11,21H,9-10H2,1H3,(H,22,23). The van der Waals surface area contributed by atoms with Gasteiger partial charge >= 0.3 is 5.76 Å². The number of fused-ring (bicyclic) bond motifs is 1. The van der Waals surface area contributed by atoms with Crippen LogP contribution in [-0.4, -0.2) is 14.8 Å². The highest BCUT2D eigenvalue weighted by atomic mass is 35.5. The van der Waals surface area contributed by atoms with Gasteiger partial charge in [0.1, 0.15) is 0 Å². The lowest BCUT2D eigenvalue weighted by molar-refractivity contribution is 0.527. The first-order valence-electron chi connectivity index (χ1n) is 8.19. The Bertz CT molecular complexity index is 1110. The molecule has 0 bridgehead atoms. The number of nitrogens with one attached hydrogen (secondary N) is 2. The zero-order valence-electron chi connectivity index (χ0n) is 14.1. The number of benzene rings is 2. The van der Waals surface area contributed by atoms with Crippen LogP contribution in [0.3, 0.4) is 0 Å². The summed E-state index contributed by atoms with van der Waals surface area (Å²) in [5.41, 5.74) is 5.51. The van der Waals surface area contributed by atoms with Crippen LogP contribution in [0.4, 0.5) is 0 Å². The van der Waals surface area contributed by atoms with Crippen molar-refractivity contribution in [2.45, 2.75) is 13.1 Å². The van der Waals surface area contributed by atoms with E-state index in [1.807, 2.05) is 48.7 Å². The molecule has 2 aromatic heterocycles. The number of hydrogen-bond acceptors (Lipinski definition) is 4. The van der Waals surface area contributed by atoms with Gasteiger partial charge in [-0.25, -0.2) is 4.79 Å². The zero-order valence-corrected chi connectivity index (χ0v) is 14.9. The molecular formula is C19H17ClN4O2. The maximum Gasteiger partial charge on any atom is 0.419 e. The van der Waals surface area contributed by atoms with Crippen molar-refractivity contribution < 1.29 is 4.42 Å². The molecule has 0 radical (unpaired) electrons. The van der Waals surface area contributed by atoms with Crippen molar-refractivity contribution in [2.75, 3.05) is 0 Å². The Morgan fingerprint density at radius 1 is 1.19 bits per heavy atom. The Kier molecular flexibility index (Phi) is 4.36. The molecule has 4 aromatic rings. The van der Waals surface area contributed by atoms with Gasteiger partial charge in [0.25, 0.3) is 0 Å². The lowest BCUT2D eigenvalue weighted by Gasteiger charge is -2.06. The predicted molar refractivity (Wildman–Crippen MR) is 101 cm³/mol. The molecule has 132 valence electrons. The molecule has 0 saturated heterocycles. The second kappa shape index (κ2) is 6.82. The highest BCUT2D eigenvalue weighted by molar-refractivity contribution is 6.30. The molecule has 0 spiro atoms. The first-order chi connectivity index (χ1) is 12.6. The fraction of sp³-hybridized carbons (Fsp3) is 0.158. The number of oxazole rings is 1. The van der Waals surface area contributed by atoms with Crippen LogP contribution < -0.4 is 11.1 Å². The molecule has 2 N–H and O–H groups in total. The maximum absolute atomic E-state index is 11.6. The van der Waals surface area contributed by atoms with E-state index in [1.165, 1.54) is 4.57 Å². The minimum Gasteiger partial charge on any atom is -0.408 e. The Morgan fingerprint density at radius 3 is 2.81 bits per heavy atom. The minimum atomic E-state index is -0.351. The van der Waals surface area contributed by atoms with Crippen LogP contribution in [0.15, 0.2) is 57.9 Å². The van der Waals surface area contributed by atoms with E-state index in [1.54, 1.807) is 7.05 Å². The topological polar surface area (TPSA) is 75.8 Å². The highest BCUT2D eigenvalue weighted by Crippen LogP contribution is 2.23. The van der Waals surface area contributed by atoms with Gasteiger partial charge < -0.3 is 9.73 Å². The van der Waals surface area contributed by atoms with Gasteiger partial charge in [-0.05, 0) is 35.4 Å². The van der Waals surface area contributed by atoms with Gasteiger partial charge in [0.05, 0.1) is 17.4 Å². The van der Waals surface area contributed by atoms with E-state index in [9.17, 15) is 4.79 Å². The van der Waals surface area contributed by atoms with Crippen LogP contribution in [0, 0.1) is 0 Å². The summed E-state index contributed by atoms with van der Waals surface area (Å²) >= 11 is 5.95. The number of nitrogens with zero attached hydrogens (tertiary/aromatic N) is 2. The molecule has 2 aromatic carbocycles. The van der Waals surface area contributed by atoms with Crippen molar-refractivity contribution >= 4 is 22.7 Å². The Balaban J connectivity index is 1.46. The van der Waals surface area contributed by atoms with Gasteiger partial charge in [-0.1, -0.05) is 29.8 Å². The molecule has 6 nitrogen and oxygen atoms in total. The van der Waals surface area contributed by atoms with Gasteiger partial charge in [-0.3, -0.25) is 9.67 Å². The smallest absolute Gasteiger partial charge is 0.408 e. The molecule has 2 heterocycles. The van der Waals surface area contributed by atoms with Crippen LogP contribution in [0.25, 0.3) is 22.4 Å². The lowest BCUT2D eigenvalue weighted by Crippen LogP contribution is -2.12. The van der Waals surface area contributed by atoms with Crippen LogP contribution in [0.1, 0.15) is 11.1 Å². The molecular weight excluding hydrogens is 352 g/mol. The van der Waals surface area contributed by atoms with Crippen molar-refractivity contribution in [3.05, 3.63) is 75.4 Å². The van der Waals surface area contributed by atoms with Crippen molar-refractivity contribution in [1.29, 1.82) is 0 Å². The van der Waals surface area contributed by atoms with Crippen molar-refractivity contribution in [1.82, 2.24) is 20.1 Å². The van der Waals surface area contributed by atoms with Crippen LogP contribution in [-0.2, 0) is 20.1 Å². The van der Waals surface area contributed by atoms with E-state index in [-0.39, 0.29) is 5.76 Å². The monoisotopic (exact) mass is 368 g/mol. The molecule has 0 saturated carbocycles. The summed E-state index contributed by atoms with van der Waals surface area (Å²) in [5.74, 6) is -0.351. The molecule has 0 aliphatic heterocycles. The molecule has 0 unspecified atom stereocenters. The average molecular weight is 369 g/mol. The van der Waals surface area contributed by atoms with Crippen LogP contribution in [0.5, 0.6) is 0 Å². The second-order valence-electron chi connectivity index (χ2n) is 6.11. The molecule has 7 heteroatoms. The molecule has 0 aliphatic rings. The number of halogens is 1. The molecule has 0 aliphatic carbocycles. The van der Waals surface area contributed by atoms with Crippen molar-refractivity contribution in [3.8, 4) is 11.3 Å². The Labute approximate surface area is 154 Å². The number of aromatic amines is 1. The molecule has 4 rings (SSSR count). The summed E-state index contributed by atoms with van der Waals surface area (Å²) in [6.07, 6.45) is 1.82. The first kappa shape index (κ1) is 16.6. The summed E-state index contributed by atoms with van der Waals surface area (Å²) in [4.78, 5) is 11.6. The number of aryl methyl sites for hydroxylation is 1. The summed E-state index contributed by atoms with van der Waals surface area (Å²) in [6.45, 7) is 1.31. The zero-order chi connectivity index (χ0) is 18.1. The largest absolute Gasteiger partial charge is 0.419 e. The van der Waals surface area contributed by atoms with Crippen molar-refractivity contribution in [2.24, 2.45) is 7.05 Å². The minimum absolute atomic E-state index is 0.351. The molecule has 0 fully saturated rings. The third kappa shape index (κ3) is 3.16. The number of aromatic nitrogens is 3. The fourth-order valence-electron chi connectivity index (χ4n) is 2.94. The Morgan fingerprint density at radius 2 is 2.00 bits per heavy atom. The Hall–Kier alpha value is -2.83. The third-order valence-corrected chi connectivity index (χ3v) is 4.60. The summed E-state index contributed by atoms with van der Waals surface area (Å²) in [5, 5.41) is 11.3. The number of H-pyrrole nitrogens is 1. The first-order valence-corrected chi connectivity index (χ1v) is 8.57. The second-order valence-corrected chi connectivity index (χ2v) is 6.55. The molecule has 26 heavy (non-hydrogen) atoms. The van der Waals surface area contributed by atoms with Gasteiger partial charge in [0.2, 0.25) is 0 Å². The van der Waals surface area contributed by atoms with Crippen molar-refractivity contribution in [3.63, 3.8) is 0 Å². The van der Waals surface area contributed by atoms with Crippen LogP contribution >= 0.6 is 11.6 Å². The van der Waals surface area contributed by atoms with E-state index in [0.29, 0.717) is 23.7 Å². The van der Waals surface area contributed by atoms with Gasteiger partial charge in [0.15, 0.2) is 5.58 Å². The third-order valence-electron chi connectivity index (χ3n) is 4.35. The van der Waals surface area contributed by atoms with E-state index < -0.39 is 0 Å². The number of hydrogen-bond donors (Lipinski definition) is 2. The quantitative estimate of drug-likeness (QED) is 0.565. The van der Waals surface area contributed by atoms with Gasteiger partial charge in [-0.2, -0.15) is 5.10 Å². The van der Waals surface area contributed by atoms with E-state index in [2.05, 4.69) is 15.5 Å². The van der Waals surface area contributed by atoms with E-state index in [4.69, 9.17) is 16.0 Å². The average Bonchev–Trinajstić information content (AvgIpc) is 3.21. The summed E-state index contributed by atoms with van der Waals surface area (Å²) in [6, 6.07) is 13.4. The normalized spacial score (nSPS) is 11.3. The summed E-state index contributed by atoms with van der Waals surface area (Å²) < 4.78 is 6.73. The van der Waals surface area contributed by atoms with Gasteiger partial charge in [-0.15, -0.1) is 0 Å². The highest BCUT2D eigenvalue weighted by Gasteiger charge is 2.09. The maximum atomic E-state index is 11.6. The molecule has 0 amide bonds. The van der Waals surface area contributed by atoms with Gasteiger partial charge in [0, 0.05) is 30.7 Å². The SMILES string of the molecule is Cn1c(=O)oc2cc(CNCc3cn[nH]c3-c3ccc(Cl)cc3)ccc21. The van der Waals surface area contributed by atoms with Crippen LogP contribution in [0.2, 0.25) is 5.02 Å². The predicted octanol–water partition coefficient (Wildman–Crippen LogP) is 3.46. The van der Waals surface area contributed by atoms with E-state index in [0.717, 1.165) is 27.9 Å². The lowest BCUT2D eigenvalue weighted by atomic mass is 10.1. The summed E-state index contributed by atoms with van der Waals surface area (Å²) in [7, 11) is 1.70. The fourth-order valence-corrected chi connectivity index (χ4v) is 3.07. The molecule has 0 atom stereocenters. The van der Waals surface area contributed by atoms with E-state index >= 15 is 0 Å².